The van der Waals surface area contributed by atoms with E-state index in [1.165, 1.54) is 24.2 Å². The van der Waals surface area contributed by atoms with E-state index in [-0.39, 0.29) is 0 Å². The zero-order chi connectivity index (χ0) is 23.8. The highest BCUT2D eigenvalue weighted by Crippen LogP contribution is 2.36. The molecule has 0 spiro atoms. The van der Waals surface area contributed by atoms with Gasteiger partial charge in [-0.2, -0.15) is 5.10 Å². The first-order valence-electron chi connectivity index (χ1n) is 12.0. The average molecular weight is 456 g/mol. The third kappa shape index (κ3) is 4.12. The van der Waals surface area contributed by atoms with Crippen molar-refractivity contribution in [1.29, 1.82) is 0 Å². The maximum Gasteiger partial charge on any atom is 0.199 e. The summed E-state index contributed by atoms with van der Waals surface area (Å²) in [5, 5.41) is 7.88. The summed E-state index contributed by atoms with van der Waals surface area (Å²) in [7, 11) is 0. The molecule has 176 valence electrons. The number of hydrogen-bond acceptors (Lipinski definition) is 6. The van der Waals surface area contributed by atoms with Gasteiger partial charge in [0, 0.05) is 48.2 Å². The second-order valence-corrected chi connectivity index (χ2v) is 9.73. The van der Waals surface area contributed by atoms with Crippen LogP contribution >= 0.6 is 0 Å². The maximum absolute atomic E-state index is 4.69. The van der Waals surface area contributed by atoms with E-state index < -0.39 is 0 Å². The monoisotopic (exact) mass is 455 g/mol. The third-order valence-corrected chi connectivity index (χ3v) is 6.75. The molecule has 3 aromatic rings. The lowest BCUT2D eigenvalue weighted by molar-refractivity contribution is 0.191. The van der Waals surface area contributed by atoms with Gasteiger partial charge >= 0.3 is 0 Å². The number of likely N-dealkylation sites (tertiary alicyclic amines) is 1. The fourth-order valence-corrected chi connectivity index (χ4v) is 5.27. The number of fused-ring (bicyclic) bond motifs is 3. The molecule has 7 heteroatoms. The van der Waals surface area contributed by atoms with Crippen LogP contribution in [0.25, 0.3) is 11.2 Å². The highest BCUT2D eigenvalue weighted by Gasteiger charge is 2.43. The number of benzene rings is 1. The molecule has 7 nitrogen and oxygen atoms in total. The standard InChI is InChI=1S/C27H33N7/c1-6-7-20(12-18(2)3)25-14-28-26(27-29-17-30-34(25)27)31-21-8-10-22(11-9-21)33-16-23-13-24(33)15-32(23)19(4)5/h6-12,14,17,19,23-24H,1,13,15-16H2,2-5H3,(H,28,31)/b20-7+/t23-,24-/m0/s1. The number of aromatic nitrogens is 4. The molecule has 2 saturated heterocycles. The predicted molar refractivity (Wildman–Crippen MR) is 139 cm³/mol. The van der Waals surface area contributed by atoms with E-state index in [1.54, 1.807) is 12.4 Å². The van der Waals surface area contributed by atoms with Gasteiger partial charge in [-0.05, 0) is 58.4 Å². The number of piperazine rings is 1. The Labute approximate surface area is 201 Å². The molecule has 2 aliphatic rings. The first-order valence-corrected chi connectivity index (χ1v) is 12.0. The Morgan fingerprint density at radius 1 is 1.12 bits per heavy atom. The van der Waals surface area contributed by atoms with Crippen LogP contribution in [0.4, 0.5) is 17.2 Å². The van der Waals surface area contributed by atoms with Crippen LogP contribution in [0.15, 0.2) is 67.2 Å². The van der Waals surface area contributed by atoms with Crippen molar-refractivity contribution in [3.05, 3.63) is 72.9 Å². The molecule has 0 amide bonds. The highest BCUT2D eigenvalue weighted by molar-refractivity contribution is 5.78. The number of hydrogen-bond donors (Lipinski definition) is 1. The van der Waals surface area contributed by atoms with E-state index in [2.05, 4.69) is 94.8 Å². The molecule has 0 radical (unpaired) electrons. The van der Waals surface area contributed by atoms with Crippen LogP contribution in [0.5, 0.6) is 0 Å². The van der Waals surface area contributed by atoms with E-state index in [9.17, 15) is 0 Å². The van der Waals surface area contributed by atoms with E-state index in [4.69, 9.17) is 0 Å². The van der Waals surface area contributed by atoms with Crippen molar-refractivity contribution in [3.63, 3.8) is 0 Å². The van der Waals surface area contributed by atoms with Crippen molar-refractivity contribution in [2.75, 3.05) is 23.3 Å². The minimum absolute atomic E-state index is 0.620. The van der Waals surface area contributed by atoms with Gasteiger partial charge in [0.15, 0.2) is 11.5 Å². The van der Waals surface area contributed by atoms with E-state index in [0.29, 0.717) is 29.6 Å². The van der Waals surface area contributed by atoms with Crippen molar-refractivity contribution in [3.8, 4) is 0 Å². The van der Waals surface area contributed by atoms with Crippen LogP contribution in [-0.4, -0.2) is 55.7 Å². The van der Waals surface area contributed by atoms with Crippen LogP contribution in [0.3, 0.4) is 0 Å². The first-order chi connectivity index (χ1) is 16.4. The molecule has 5 rings (SSSR count). The molecule has 0 unspecified atom stereocenters. The Morgan fingerprint density at radius 3 is 2.56 bits per heavy atom. The van der Waals surface area contributed by atoms with E-state index >= 15 is 0 Å². The first kappa shape index (κ1) is 22.3. The minimum Gasteiger partial charge on any atom is -0.366 e. The molecular formula is C27H33N7. The Balaban J connectivity index is 1.36. The molecule has 1 aromatic carbocycles. The van der Waals surface area contributed by atoms with Crippen LogP contribution in [0.1, 0.15) is 39.8 Å². The Kier molecular flexibility index (Phi) is 5.96. The molecule has 2 fully saturated rings. The summed E-state index contributed by atoms with van der Waals surface area (Å²) < 4.78 is 1.82. The van der Waals surface area contributed by atoms with Gasteiger partial charge in [0.1, 0.15) is 6.33 Å². The average Bonchev–Trinajstić information content (AvgIpc) is 3.55. The fraction of sp³-hybridized carbons (Fsp3) is 0.370. The lowest BCUT2D eigenvalue weighted by atomic mass is 10.1. The molecule has 2 bridgehead atoms. The zero-order valence-corrected chi connectivity index (χ0v) is 20.4. The van der Waals surface area contributed by atoms with Gasteiger partial charge in [-0.25, -0.2) is 14.5 Å². The van der Waals surface area contributed by atoms with Gasteiger partial charge in [-0.15, -0.1) is 0 Å². The number of rotatable bonds is 7. The summed E-state index contributed by atoms with van der Waals surface area (Å²) in [5.74, 6) is 0.678. The summed E-state index contributed by atoms with van der Waals surface area (Å²) >= 11 is 0. The van der Waals surface area contributed by atoms with Crippen LogP contribution in [0, 0.1) is 0 Å². The minimum atomic E-state index is 0.620. The van der Waals surface area contributed by atoms with E-state index in [0.717, 1.165) is 23.5 Å². The molecule has 2 aromatic heterocycles. The Morgan fingerprint density at radius 2 is 1.91 bits per heavy atom. The smallest absolute Gasteiger partial charge is 0.199 e. The zero-order valence-electron chi connectivity index (χ0n) is 20.4. The lowest BCUT2D eigenvalue weighted by Gasteiger charge is -2.37. The fourth-order valence-electron chi connectivity index (χ4n) is 5.27. The van der Waals surface area contributed by atoms with Gasteiger partial charge in [0.2, 0.25) is 0 Å². The van der Waals surface area contributed by atoms with Crippen molar-refractivity contribution in [2.24, 2.45) is 0 Å². The normalized spacial score (nSPS) is 20.4. The van der Waals surface area contributed by atoms with Gasteiger partial charge in [0.05, 0.1) is 11.9 Å². The summed E-state index contributed by atoms with van der Waals surface area (Å²) in [6, 6.07) is 10.6. The van der Waals surface area contributed by atoms with Crippen molar-refractivity contribution >= 4 is 28.4 Å². The Hall–Kier alpha value is -3.45. The van der Waals surface area contributed by atoms with Gasteiger partial charge < -0.3 is 10.2 Å². The SMILES string of the molecule is C=C/C=C(\C=C(C)C)c1cnc(Nc2ccc(N3C[C@@H]4C[C@H]3CN4C(C)C)cc2)c2ncnn12. The van der Waals surface area contributed by atoms with Gasteiger partial charge in [-0.1, -0.05) is 30.4 Å². The van der Waals surface area contributed by atoms with Crippen molar-refractivity contribution < 1.29 is 0 Å². The second-order valence-electron chi connectivity index (χ2n) is 9.73. The van der Waals surface area contributed by atoms with Crippen LogP contribution < -0.4 is 10.2 Å². The predicted octanol–water partition coefficient (Wildman–Crippen LogP) is 5.07. The summed E-state index contributed by atoms with van der Waals surface area (Å²) in [4.78, 5) is 14.4. The number of allylic oxidation sites excluding steroid dienone is 5. The summed E-state index contributed by atoms with van der Waals surface area (Å²) in [6.07, 6.45) is 10.5. The van der Waals surface area contributed by atoms with Crippen molar-refractivity contribution in [2.45, 2.75) is 52.2 Å². The molecule has 1 N–H and O–H groups in total. The second kappa shape index (κ2) is 9.06. The quantitative estimate of drug-likeness (QED) is 0.502. The number of anilines is 3. The van der Waals surface area contributed by atoms with Crippen molar-refractivity contribution in [1.82, 2.24) is 24.5 Å². The molecule has 2 aliphatic heterocycles. The molecule has 0 saturated carbocycles. The molecule has 2 atom stereocenters. The molecule has 34 heavy (non-hydrogen) atoms. The maximum atomic E-state index is 4.69. The Bertz CT molecular complexity index is 1250. The van der Waals surface area contributed by atoms with Crippen LogP contribution in [0.2, 0.25) is 0 Å². The molecule has 4 heterocycles. The number of nitrogens with zero attached hydrogens (tertiary/aromatic N) is 6. The van der Waals surface area contributed by atoms with Gasteiger partial charge in [-0.3, -0.25) is 4.90 Å². The summed E-state index contributed by atoms with van der Waals surface area (Å²) in [5.41, 5.74) is 6.00. The van der Waals surface area contributed by atoms with Crippen LogP contribution in [-0.2, 0) is 0 Å². The lowest BCUT2D eigenvalue weighted by Crippen LogP contribution is -2.48. The summed E-state index contributed by atoms with van der Waals surface area (Å²) in [6.45, 7) is 14.9. The molecule has 0 aliphatic carbocycles. The van der Waals surface area contributed by atoms with Gasteiger partial charge in [0.25, 0.3) is 0 Å². The topological polar surface area (TPSA) is 61.6 Å². The van der Waals surface area contributed by atoms with E-state index in [1.807, 2.05) is 16.8 Å². The third-order valence-electron chi connectivity index (χ3n) is 6.75. The number of nitrogens with one attached hydrogen (secondary N) is 1. The largest absolute Gasteiger partial charge is 0.366 e. The highest BCUT2D eigenvalue weighted by atomic mass is 15.4. The molecular weight excluding hydrogens is 422 g/mol.